The molecule has 2 rings (SSSR count). The average Bonchev–Trinajstić information content (AvgIpc) is 2.46. The topological polar surface area (TPSA) is 29.3 Å². The van der Waals surface area contributed by atoms with Crippen LogP contribution >= 0.6 is 11.6 Å². The Kier molecular flexibility index (Phi) is 5.27. The van der Waals surface area contributed by atoms with Gasteiger partial charge < -0.3 is 10.6 Å². The molecule has 0 saturated carbocycles. The molecule has 21 heavy (non-hydrogen) atoms. The number of anilines is 1. The molecule has 112 valence electrons. The molecule has 0 fully saturated rings. The second-order valence-electron chi connectivity index (χ2n) is 5.65. The molecule has 2 unspecified atom stereocenters. The van der Waals surface area contributed by atoms with Gasteiger partial charge in [0, 0.05) is 23.8 Å². The van der Waals surface area contributed by atoms with Gasteiger partial charge in [0.25, 0.3) is 0 Å². The van der Waals surface area contributed by atoms with E-state index >= 15 is 0 Å². The molecule has 2 N–H and O–H groups in total. The Morgan fingerprint density at radius 1 is 1.05 bits per heavy atom. The Morgan fingerprint density at radius 2 is 1.67 bits per heavy atom. The van der Waals surface area contributed by atoms with Crippen molar-refractivity contribution in [1.82, 2.24) is 0 Å². The number of halogens is 1. The van der Waals surface area contributed by atoms with Gasteiger partial charge in [-0.25, -0.2) is 0 Å². The minimum atomic E-state index is 0.158. The minimum absolute atomic E-state index is 0.158. The van der Waals surface area contributed by atoms with Crippen LogP contribution in [0.5, 0.6) is 0 Å². The van der Waals surface area contributed by atoms with Crippen LogP contribution in [-0.2, 0) is 6.42 Å². The summed E-state index contributed by atoms with van der Waals surface area (Å²) in [4.78, 5) is 2.29. The van der Waals surface area contributed by atoms with Crippen molar-refractivity contribution in [3.05, 3.63) is 64.7 Å². The summed E-state index contributed by atoms with van der Waals surface area (Å²) in [6, 6.07) is 16.9. The average molecular weight is 303 g/mol. The molecular weight excluding hydrogens is 280 g/mol. The predicted molar refractivity (Wildman–Crippen MR) is 92.1 cm³/mol. The van der Waals surface area contributed by atoms with E-state index in [1.165, 1.54) is 16.8 Å². The highest BCUT2D eigenvalue weighted by Crippen LogP contribution is 2.29. The van der Waals surface area contributed by atoms with Crippen molar-refractivity contribution >= 4 is 17.3 Å². The first-order valence-corrected chi connectivity index (χ1v) is 7.68. The predicted octanol–water partition coefficient (Wildman–Crippen LogP) is 4.43. The molecule has 0 radical (unpaired) electrons. The van der Waals surface area contributed by atoms with Crippen LogP contribution in [0.15, 0.2) is 48.5 Å². The van der Waals surface area contributed by atoms with Crippen LogP contribution in [0.2, 0.25) is 5.02 Å². The highest BCUT2D eigenvalue weighted by Gasteiger charge is 2.15. The fraction of sp³-hybridized carbons (Fsp3) is 0.333. The minimum Gasteiger partial charge on any atom is -0.368 e. The summed E-state index contributed by atoms with van der Waals surface area (Å²) >= 11 is 5.97. The molecule has 0 saturated heterocycles. The van der Waals surface area contributed by atoms with Crippen molar-refractivity contribution in [2.24, 2.45) is 5.73 Å². The zero-order chi connectivity index (χ0) is 15.4. The SMILES string of the molecule is CC(N)Cc1ccccc1N(C)C(C)c1ccc(Cl)cc1. The van der Waals surface area contributed by atoms with E-state index in [4.69, 9.17) is 17.3 Å². The summed E-state index contributed by atoms with van der Waals surface area (Å²) < 4.78 is 0. The van der Waals surface area contributed by atoms with Gasteiger partial charge in [-0.2, -0.15) is 0 Å². The molecule has 2 nitrogen and oxygen atoms in total. The van der Waals surface area contributed by atoms with E-state index in [0.717, 1.165) is 11.4 Å². The van der Waals surface area contributed by atoms with Crippen LogP contribution in [0.3, 0.4) is 0 Å². The molecule has 0 aliphatic carbocycles. The standard InChI is InChI=1S/C18H23ClN2/c1-13(20)12-16-6-4-5-7-18(16)21(3)14(2)15-8-10-17(19)11-9-15/h4-11,13-14H,12,20H2,1-3H3. The van der Waals surface area contributed by atoms with Gasteiger partial charge in [0.05, 0.1) is 6.04 Å². The van der Waals surface area contributed by atoms with E-state index in [0.29, 0.717) is 0 Å². The van der Waals surface area contributed by atoms with Gasteiger partial charge in [-0.3, -0.25) is 0 Å². The van der Waals surface area contributed by atoms with Gasteiger partial charge >= 0.3 is 0 Å². The monoisotopic (exact) mass is 302 g/mol. The zero-order valence-corrected chi connectivity index (χ0v) is 13.6. The van der Waals surface area contributed by atoms with Gasteiger partial charge in [-0.05, 0) is 49.6 Å². The largest absolute Gasteiger partial charge is 0.368 e. The van der Waals surface area contributed by atoms with Gasteiger partial charge in [-0.1, -0.05) is 41.9 Å². The van der Waals surface area contributed by atoms with Crippen molar-refractivity contribution < 1.29 is 0 Å². The summed E-state index contributed by atoms with van der Waals surface area (Å²) in [6.45, 7) is 4.24. The second-order valence-corrected chi connectivity index (χ2v) is 6.08. The summed E-state index contributed by atoms with van der Waals surface area (Å²) in [5.41, 5.74) is 9.73. The fourth-order valence-electron chi connectivity index (χ4n) is 2.55. The highest BCUT2D eigenvalue weighted by atomic mass is 35.5. The van der Waals surface area contributed by atoms with E-state index in [1.54, 1.807) is 0 Å². The maximum atomic E-state index is 5.97. The van der Waals surface area contributed by atoms with Crippen LogP contribution < -0.4 is 10.6 Å². The summed E-state index contributed by atoms with van der Waals surface area (Å²) in [6.07, 6.45) is 0.883. The number of benzene rings is 2. The van der Waals surface area contributed by atoms with Gasteiger partial charge in [0.15, 0.2) is 0 Å². The molecule has 0 aliphatic heterocycles. The quantitative estimate of drug-likeness (QED) is 0.885. The van der Waals surface area contributed by atoms with Crippen LogP contribution in [0.1, 0.15) is 31.0 Å². The van der Waals surface area contributed by atoms with Crippen LogP contribution in [0.25, 0.3) is 0 Å². The van der Waals surface area contributed by atoms with E-state index < -0.39 is 0 Å². The smallest absolute Gasteiger partial charge is 0.0511 e. The van der Waals surface area contributed by atoms with Crippen molar-refractivity contribution in [2.45, 2.75) is 32.4 Å². The van der Waals surface area contributed by atoms with E-state index in [2.05, 4.69) is 55.3 Å². The molecule has 0 aromatic heterocycles. The third-order valence-electron chi connectivity index (χ3n) is 3.85. The molecule has 0 spiro atoms. The molecule has 0 aliphatic rings. The summed E-state index contributed by atoms with van der Waals surface area (Å²) in [5.74, 6) is 0. The van der Waals surface area contributed by atoms with Crippen LogP contribution in [0.4, 0.5) is 5.69 Å². The Bertz CT molecular complexity index is 578. The molecule has 2 aromatic carbocycles. The first-order valence-electron chi connectivity index (χ1n) is 7.31. The molecule has 2 aromatic rings. The van der Waals surface area contributed by atoms with E-state index in [9.17, 15) is 0 Å². The van der Waals surface area contributed by atoms with E-state index in [1.807, 2.05) is 19.1 Å². The van der Waals surface area contributed by atoms with Crippen molar-refractivity contribution in [2.75, 3.05) is 11.9 Å². The Labute approximate surface area is 132 Å². The van der Waals surface area contributed by atoms with Crippen LogP contribution in [-0.4, -0.2) is 13.1 Å². The Balaban J connectivity index is 2.26. The van der Waals surface area contributed by atoms with Crippen molar-refractivity contribution in [3.63, 3.8) is 0 Å². The molecule has 0 bridgehead atoms. The maximum Gasteiger partial charge on any atom is 0.0511 e. The molecular formula is C18H23ClN2. The normalized spacial score (nSPS) is 13.8. The third-order valence-corrected chi connectivity index (χ3v) is 4.10. The molecule has 0 amide bonds. The van der Waals surface area contributed by atoms with Gasteiger partial charge in [-0.15, -0.1) is 0 Å². The number of para-hydroxylation sites is 1. The Hall–Kier alpha value is -1.51. The lowest BCUT2D eigenvalue weighted by molar-refractivity contribution is 0.710. The molecule has 3 heteroatoms. The summed E-state index contributed by atoms with van der Waals surface area (Å²) in [5, 5.41) is 0.769. The maximum absolute atomic E-state index is 5.97. The lowest BCUT2D eigenvalue weighted by Crippen LogP contribution is -2.25. The third kappa shape index (κ3) is 3.99. The fourth-order valence-corrected chi connectivity index (χ4v) is 2.67. The lowest BCUT2D eigenvalue weighted by atomic mass is 10.0. The van der Waals surface area contributed by atoms with Crippen LogP contribution in [0, 0.1) is 0 Å². The number of nitrogens with two attached hydrogens (primary N) is 1. The molecule has 2 atom stereocenters. The van der Waals surface area contributed by atoms with Gasteiger partial charge in [0.1, 0.15) is 0 Å². The first-order chi connectivity index (χ1) is 9.99. The number of hydrogen-bond acceptors (Lipinski definition) is 2. The second kappa shape index (κ2) is 6.97. The summed E-state index contributed by atoms with van der Waals surface area (Å²) in [7, 11) is 2.12. The van der Waals surface area contributed by atoms with Crippen molar-refractivity contribution in [1.29, 1.82) is 0 Å². The number of rotatable bonds is 5. The lowest BCUT2D eigenvalue weighted by Gasteiger charge is -2.30. The highest BCUT2D eigenvalue weighted by molar-refractivity contribution is 6.30. The number of hydrogen-bond donors (Lipinski definition) is 1. The first kappa shape index (κ1) is 15.9. The molecule has 0 heterocycles. The number of nitrogens with zero attached hydrogens (tertiary/aromatic N) is 1. The van der Waals surface area contributed by atoms with Crippen molar-refractivity contribution in [3.8, 4) is 0 Å². The van der Waals surface area contributed by atoms with Gasteiger partial charge in [0.2, 0.25) is 0 Å². The Morgan fingerprint density at radius 3 is 2.29 bits per heavy atom. The zero-order valence-electron chi connectivity index (χ0n) is 12.9. The van der Waals surface area contributed by atoms with E-state index in [-0.39, 0.29) is 12.1 Å².